The second kappa shape index (κ2) is 62.5. The Bertz CT molecular complexity index is 827. The van der Waals surface area contributed by atoms with E-state index in [1.165, 1.54) is 212 Å². The van der Waals surface area contributed by atoms with Gasteiger partial charge in [0.25, 0.3) is 0 Å². The molecule has 3 N–H and O–H groups in total. The molecule has 0 aromatic rings. The van der Waals surface area contributed by atoms with Crippen molar-refractivity contribution in [2.45, 2.75) is 290 Å². The van der Waals surface area contributed by atoms with E-state index in [0.29, 0.717) is 19.3 Å². The summed E-state index contributed by atoms with van der Waals surface area (Å²) in [6, 6.07) is 0. The lowest BCUT2D eigenvalue weighted by Crippen LogP contribution is -1.93. The van der Waals surface area contributed by atoms with Crippen molar-refractivity contribution >= 4 is 35.3 Å². The molecule has 0 aromatic carbocycles. The molecule has 0 aliphatic carbocycles. The number of hydrogen-bond acceptors (Lipinski definition) is 3. The van der Waals surface area contributed by atoms with E-state index in [1.807, 2.05) is 0 Å². The Kier molecular flexibility index (Phi) is 67.3. The summed E-state index contributed by atoms with van der Waals surface area (Å²) >= 11 is 0. The number of carboxylic acid groups (broad SMARTS) is 3. The maximum absolute atomic E-state index is 10.3. The second-order valence-electron chi connectivity index (χ2n) is 17.2. The highest BCUT2D eigenvalue weighted by Crippen LogP contribution is 2.13. The van der Waals surface area contributed by atoms with Gasteiger partial charge in [0.2, 0.25) is 0 Å². The third-order valence-corrected chi connectivity index (χ3v) is 11.0. The molecule has 0 aliphatic heterocycles. The van der Waals surface area contributed by atoms with Crippen molar-refractivity contribution in [2.24, 2.45) is 0 Å². The van der Waals surface area contributed by atoms with E-state index in [4.69, 9.17) is 15.3 Å². The van der Waals surface area contributed by atoms with E-state index >= 15 is 0 Å². The quantitative estimate of drug-likeness (QED) is 0.0319. The van der Waals surface area contributed by atoms with Crippen molar-refractivity contribution in [3.05, 3.63) is 36.5 Å². The average molecular weight is 874 g/mol. The molecule has 0 amide bonds. The Balaban J connectivity index is -0.000000396. The molecule has 0 aromatic heterocycles. The minimum atomic E-state index is -0.664. The third kappa shape index (κ3) is 75.9. The van der Waals surface area contributed by atoms with Crippen LogP contribution in [0, 0.1) is 0 Å². The summed E-state index contributed by atoms with van der Waals surface area (Å²) in [5.74, 6) is -1.99. The van der Waals surface area contributed by atoms with Crippen LogP contribution in [-0.2, 0) is 14.4 Å². The molecule has 0 atom stereocenters. The van der Waals surface area contributed by atoms with Gasteiger partial charge in [-0.3, -0.25) is 14.4 Å². The molecular weight excluding hydrogens is 772 g/mol. The Morgan fingerprint density at radius 3 is 0.574 bits per heavy atom. The van der Waals surface area contributed by atoms with Crippen LogP contribution in [0.2, 0.25) is 0 Å². The minimum absolute atomic E-state index is 0. The predicted molar refractivity (Wildman–Crippen MR) is 267 cm³/mol. The Morgan fingerprint density at radius 2 is 0.410 bits per heavy atom. The molecule has 6 nitrogen and oxygen atoms in total. The standard InChI is InChI=1S/3C18H34O2.Al/c3*1-2-3-4-5-6-7-8-9-10-11-12-13-14-15-16-17-18(19)20;/h3*9-10H,2-8,11-17H2,1H3,(H,19,20);/b3*10-9-;. The van der Waals surface area contributed by atoms with Crippen LogP contribution in [0.1, 0.15) is 290 Å². The van der Waals surface area contributed by atoms with Crippen molar-refractivity contribution in [2.75, 3.05) is 0 Å². The van der Waals surface area contributed by atoms with E-state index in [-0.39, 0.29) is 17.4 Å². The molecular formula is C54H102AlO6. The molecule has 0 spiro atoms. The van der Waals surface area contributed by atoms with Crippen molar-refractivity contribution < 1.29 is 29.7 Å². The SMILES string of the molecule is CCCCCCCC/C=C\CCCCCCCC(=O)O.CCCCCCCC/C=C\CCCCCCCC(=O)O.CCCCCCCC/C=C\CCCCCCCC(=O)O.[Al]. The minimum Gasteiger partial charge on any atom is -0.481 e. The Morgan fingerprint density at radius 1 is 0.262 bits per heavy atom. The Hall–Kier alpha value is -1.84. The van der Waals surface area contributed by atoms with Crippen molar-refractivity contribution in [1.82, 2.24) is 0 Å². The van der Waals surface area contributed by atoms with Crippen LogP contribution in [-0.4, -0.2) is 50.6 Å². The first-order valence-electron chi connectivity index (χ1n) is 25.9. The first-order valence-corrected chi connectivity index (χ1v) is 25.9. The van der Waals surface area contributed by atoms with Crippen LogP contribution in [0.4, 0.5) is 0 Å². The maximum atomic E-state index is 10.3. The summed E-state index contributed by atoms with van der Waals surface area (Å²) in [5.41, 5.74) is 0. The topological polar surface area (TPSA) is 112 Å². The van der Waals surface area contributed by atoms with Gasteiger partial charge < -0.3 is 15.3 Å². The lowest BCUT2D eigenvalue weighted by atomic mass is 10.1. The highest BCUT2D eigenvalue weighted by atomic mass is 27.0. The summed E-state index contributed by atoms with van der Waals surface area (Å²) < 4.78 is 0. The van der Waals surface area contributed by atoms with Gasteiger partial charge >= 0.3 is 17.9 Å². The first kappa shape index (κ1) is 65.8. The summed E-state index contributed by atoms with van der Waals surface area (Å²) in [7, 11) is 0. The summed E-state index contributed by atoms with van der Waals surface area (Å²) in [4.78, 5) is 31.0. The van der Waals surface area contributed by atoms with E-state index in [1.54, 1.807) is 0 Å². The predicted octanol–water partition coefficient (Wildman–Crippen LogP) is 17.9. The van der Waals surface area contributed by atoms with Gasteiger partial charge in [-0.25, -0.2) is 0 Å². The monoisotopic (exact) mass is 874 g/mol. The molecule has 357 valence electrons. The van der Waals surface area contributed by atoms with E-state index < -0.39 is 17.9 Å². The molecule has 0 aliphatic rings. The fourth-order valence-electron chi connectivity index (χ4n) is 7.04. The summed E-state index contributed by atoms with van der Waals surface area (Å²) in [6.07, 6.45) is 63.7. The normalized spacial score (nSPS) is 11.1. The number of hydrogen-bond donors (Lipinski definition) is 3. The molecule has 0 saturated carbocycles. The van der Waals surface area contributed by atoms with Gasteiger partial charge in [0.05, 0.1) is 0 Å². The van der Waals surface area contributed by atoms with Crippen LogP contribution in [0.25, 0.3) is 0 Å². The van der Waals surface area contributed by atoms with Crippen molar-refractivity contribution in [3.8, 4) is 0 Å². The van der Waals surface area contributed by atoms with Gasteiger partial charge in [-0.2, -0.15) is 0 Å². The van der Waals surface area contributed by atoms with Gasteiger partial charge in [-0.05, 0) is 96.3 Å². The van der Waals surface area contributed by atoms with Crippen LogP contribution < -0.4 is 0 Å². The zero-order chi connectivity index (χ0) is 44.7. The summed E-state index contributed by atoms with van der Waals surface area (Å²) in [6.45, 7) is 6.78. The van der Waals surface area contributed by atoms with E-state index in [9.17, 15) is 14.4 Å². The molecule has 7 heteroatoms. The highest BCUT2D eigenvalue weighted by molar-refractivity contribution is 5.75. The van der Waals surface area contributed by atoms with Gasteiger partial charge in [-0.1, -0.05) is 211 Å². The van der Waals surface area contributed by atoms with Crippen LogP contribution >= 0.6 is 0 Å². The molecule has 0 saturated heterocycles. The molecule has 0 unspecified atom stereocenters. The van der Waals surface area contributed by atoms with Gasteiger partial charge in [0, 0.05) is 36.6 Å². The maximum Gasteiger partial charge on any atom is 0.303 e. The smallest absolute Gasteiger partial charge is 0.303 e. The van der Waals surface area contributed by atoms with Crippen molar-refractivity contribution in [1.29, 1.82) is 0 Å². The molecule has 3 radical (unpaired) electrons. The number of rotatable bonds is 45. The molecule has 0 fully saturated rings. The number of carboxylic acids is 3. The zero-order valence-electron chi connectivity index (χ0n) is 40.8. The van der Waals surface area contributed by atoms with Gasteiger partial charge in [0.15, 0.2) is 0 Å². The first-order chi connectivity index (χ1) is 29.3. The van der Waals surface area contributed by atoms with Crippen LogP contribution in [0.3, 0.4) is 0 Å². The van der Waals surface area contributed by atoms with Gasteiger partial charge in [0.1, 0.15) is 0 Å². The van der Waals surface area contributed by atoms with Crippen molar-refractivity contribution in [3.63, 3.8) is 0 Å². The largest absolute Gasteiger partial charge is 0.481 e. The second-order valence-corrected chi connectivity index (χ2v) is 17.2. The number of allylic oxidation sites excluding steroid dienone is 6. The molecule has 61 heavy (non-hydrogen) atoms. The van der Waals surface area contributed by atoms with E-state index in [0.717, 1.165) is 38.5 Å². The Labute approximate surface area is 390 Å². The molecule has 0 heterocycles. The number of aliphatic carboxylic acids is 3. The number of unbranched alkanes of at least 4 members (excludes halogenated alkanes) is 33. The third-order valence-electron chi connectivity index (χ3n) is 11.0. The fraction of sp³-hybridized carbons (Fsp3) is 0.833. The molecule has 0 rings (SSSR count). The lowest BCUT2D eigenvalue weighted by molar-refractivity contribution is -0.138. The lowest BCUT2D eigenvalue weighted by Gasteiger charge is -1.99. The number of carbonyl (C=O) groups is 3. The fourth-order valence-corrected chi connectivity index (χ4v) is 7.04. The van der Waals surface area contributed by atoms with Crippen LogP contribution in [0.5, 0.6) is 0 Å². The van der Waals surface area contributed by atoms with Gasteiger partial charge in [-0.15, -0.1) is 0 Å². The zero-order valence-corrected chi connectivity index (χ0v) is 42.0. The average Bonchev–Trinajstić information content (AvgIpc) is 3.22. The van der Waals surface area contributed by atoms with Crippen LogP contribution in [0.15, 0.2) is 36.5 Å². The molecule has 0 bridgehead atoms. The van der Waals surface area contributed by atoms with E-state index in [2.05, 4.69) is 57.2 Å². The highest BCUT2D eigenvalue weighted by Gasteiger charge is 1.98. The summed E-state index contributed by atoms with van der Waals surface area (Å²) in [5, 5.41) is 25.5.